The molecular weight excluding hydrogens is 374 g/mol. The summed E-state index contributed by atoms with van der Waals surface area (Å²) in [6, 6.07) is 0. The molecule has 5 saturated carbocycles. The van der Waals surface area contributed by atoms with Gasteiger partial charge in [0.25, 0.3) is 0 Å². The largest absolute Gasteiger partial charge is 0.393 e. The topological polar surface area (TPSA) is 69.6 Å². The first kappa shape index (κ1) is 21.2. The maximum Gasteiger partial charge on any atom is 0.220 e. The van der Waals surface area contributed by atoms with E-state index in [2.05, 4.69) is 19.2 Å². The van der Waals surface area contributed by atoms with E-state index >= 15 is 0 Å². The number of carbonyl (C=O) groups is 1. The van der Waals surface area contributed by atoms with Crippen LogP contribution in [-0.4, -0.2) is 34.9 Å². The number of aliphatic hydroxyl groups excluding tert-OH is 2. The van der Waals surface area contributed by atoms with Crippen molar-refractivity contribution >= 4 is 5.91 Å². The van der Waals surface area contributed by atoms with Crippen LogP contribution in [0.5, 0.6) is 0 Å². The number of hydrogen-bond donors (Lipinski definition) is 3. The van der Waals surface area contributed by atoms with Crippen LogP contribution in [0.15, 0.2) is 0 Å². The van der Waals surface area contributed by atoms with E-state index in [4.69, 9.17) is 0 Å². The molecule has 0 aromatic carbocycles. The summed E-state index contributed by atoms with van der Waals surface area (Å²) in [5, 5.41) is 24.7. The van der Waals surface area contributed by atoms with Crippen LogP contribution >= 0.6 is 0 Å². The fourth-order valence-electron chi connectivity index (χ4n) is 8.76. The van der Waals surface area contributed by atoms with E-state index in [1.807, 2.05) is 0 Å². The number of carbonyl (C=O) groups excluding carboxylic acids is 1. The van der Waals surface area contributed by atoms with Gasteiger partial charge in [0.15, 0.2) is 0 Å². The first-order valence-electron chi connectivity index (χ1n) is 12.9. The predicted octanol–water partition coefficient (Wildman–Crippen LogP) is 4.28. The Bertz CT molecular complexity index is 663. The van der Waals surface area contributed by atoms with Gasteiger partial charge < -0.3 is 15.5 Å². The van der Waals surface area contributed by atoms with E-state index in [0.717, 1.165) is 44.6 Å². The fraction of sp³-hybridized carbons (Fsp3) is 0.962. The molecule has 5 aliphatic rings. The molecule has 3 N–H and O–H groups in total. The van der Waals surface area contributed by atoms with E-state index in [9.17, 15) is 15.0 Å². The zero-order chi connectivity index (χ0) is 21.1. The SMILES string of the molecule is CC12CC[C@H]3C(C(O)CC4C[C@H](O)CCC43C)[C@@H]1CCC2CCC(=O)NCC1CC1. The molecule has 4 nitrogen and oxygen atoms in total. The van der Waals surface area contributed by atoms with Gasteiger partial charge in [-0.15, -0.1) is 0 Å². The quantitative estimate of drug-likeness (QED) is 0.625. The highest BCUT2D eigenvalue weighted by atomic mass is 16.3. The van der Waals surface area contributed by atoms with Gasteiger partial charge in [0.1, 0.15) is 0 Å². The van der Waals surface area contributed by atoms with Gasteiger partial charge >= 0.3 is 0 Å². The van der Waals surface area contributed by atoms with Crippen molar-refractivity contribution in [1.82, 2.24) is 5.32 Å². The molecule has 1 amide bonds. The van der Waals surface area contributed by atoms with Crippen molar-refractivity contribution in [2.24, 2.45) is 46.3 Å². The third-order valence-electron chi connectivity index (χ3n) is 10.9. The Labute approximate surface area is 182 Å². The zero-order valence-electron chi connectivity index (χ0n) is 19.1. The summed E-state index contributed by atoms with van der Waals surface area (Å²) < 4.78 is 0. The Morgan fingerprint density at radius 2 is 1.67 bits per heavy atom. The third-order valence-corrected chi connectivity index (χ3v) is 10.9. The molecule has 6 unspecified atom stereocenters. The highest BCUT2D eigenvalue weighted by molar-refractivity contribution is 5.75. The average Bonchev–Trinajstić information content (AvgIpc) is 3.47. The van der Waals surface area contributed by atoms with Gasteiger partial charge in [0, 0.05) is 13.0 Å². The molecule has 5 aliphatic carbocycles. The normalized spacial score (nSPS) is 50.3. The van der Waals surface area contributed by atoms with E-state index in [0.29, 0.717) is 41.4 Å². The summed E-state index contributed by atoms with van der Waals surface area (Å²) in [6.07, 6.45) is 12.7. The lowest BCUT2D eigenvalue weighted by atomic mass is 9.44. The molecule has 5 rings (SSSR count). The zero-order valence-corrected chi connectivity index (χ0v) is 19.1. The molecule has 30 heavy (non-hydrogen) atoms. The van der Waals surface area contributed by atoms with Crippen LogP contribution in [0.2, 0.25) is 0 Å². The Kier molecular flexibility index (Phi) is 5.50. The molecule has 0 aromatic rings. The predicted molar refractivity (Wildman–Crippen MR) is 118 cm³/mol. The van der Waals surface area contributed by atoms with Crippen LogP contribution in [0.25, 0.3) is 0 Å². The Morgan fingerprint density at radius 3 is 2.43 bits per heavy atom. The third kappa shape index (κ3) is 3.54. The van der Waals surface area contributed by atoms with Crippen LogP contribution in [0, 0.1) is 46.3 Å². The molecule has 0 bridgehead atoms. The lowest BCUT2D eigenvalue weighted by Gasteiger charge is -2.62. The monoisotopic (exact) mass is 417 g/mol. The Morgan fingerprint density at radius 1 is 0.933 bits per heavy atom. The Hall–Kier alpha value is -0.610. The average molecular weight is 418 g/mol. The summed E-state index contributed by atoms with van der Waals surface area (Å²) in [6.45, 7) is 5.85. The highest BCUT2D eigenvalue weighted by Gasteiger charge is 2.62. The van der Waals surface area contributed by atoms with Crippen molar-refractivity contribution < 1.29 is 15.0 Å². The maximum absolute atomic E-state index is 12.3. The molecule has 0 spiro atoms. The second-order valence-electron chi connectivity index (χ2n) is 12.3. The van der Waals surface area contributed by atoms with Crippen molar-refractivity contribution in [3.05, 3.63) is 0 Å². The molecule has 0 aromatic heterocycles. The summed E-state index contributed by atoms with van der Waals surface area (Å²) in [4.78, 5) is 12.3. The molecule has 170 valence electrons. The number of hydrogen-bond acceptors (Lipinski definition) is 3. The lowest BCUT2D eigenvalue weighted by molar-refractivity contribution is -0.172. The van der Waals surface area contributed by atoms with E-state index in [1.54, 1.807) is 0 Å². The van der Waals surface area contributed by atoms with Crippen LogP contribution < -0.4 is 5.32 Å². The molecule has 4 heteroatoms. The minimum Gasteiger partial charge on any atom is -0.393 e. The smallest absolute Gasteiger partial charge is 0.220 e. The molecule has 5 fully saturated rings. The molecule has 0 radical (unpaired) electrons. The Balaban J connectivity index is 1.26. The van der Waals surface area contributed by atoms with Crippen LogP contribution in [0.1, 0.15) is 90.9 Å². The number of aliphatic hydroxyl groups is 2. The summed E-state index contributed by atoms with van der Waals surface area (Å²) in [7, 11) is 0. The second kappa shape index (κ2) is 7.76. The maximum atomic E-state index is 12.3. The van der Waals surface area contributed by atoms with Crippen LogP contribution in [0.4, 0.5) is 0 Å². The van der Waals surface area contributed by atoms with Gasteiger partial charge in [0.2, 0.25) is 5.91 Å². The summed E-state index contributed by atoms with van der Waals surface area (Å²) >= 11 is 0. The van der Waals surface area contributed by atoms with Gasteiger partial charge in [-0.25, -0.2) is 0 Å². The van der Waals surface area contributed by atoms with E-state index in [-0.39, 0.29) is 23.5 Å². The number of amides is 1. The number of rotatable bonds is 5. The van der Waals surface area contributed by atoms with Crippen LogP contribution in [0.3, 0.4) is 0 Å². The van der Waals surface area contributed by atoms with Gasteiger partial charge in [-0.1, -0.05) is 13.8 Å². The number of fused-ring (bicyclic) bond motifs is 5. The van der Waals surface area contributed by atoms with E-state index < -0.39 is 0 Å². The molecule has 0 aliphatic heterocycles. The fourth-order valence-corrected chi connectivity index (χ4v) is 8.76. The van der Waals surface area contributed by atoms with Crippen molar-refractivity contribution in [2.45, 2.75) is 103 Å². The van der Waals surface area contributed by atoms with Gasteiger partial charge in [-0.3, -0.25) is 4.79 Å². The molecule has 9 atom stereocenters. The standard InChI is InChI=1S/C26H43NO3/c1-25-12-10-21-24(22(29)14-18-13-19(28)9-11-26(18,21)2)20(25)7-5-17(25)6-8-23(30)27-15-16-3-4-16/h16-22,24,28-29H,3-15H2,1-2H3,(H,27,30)/t17?,18?,19-,20+,21+,22?,24?,25?,26?/m1/s1. The molecule has 0 saturated heterocycles. The summed E-state index contributed by atoms with van der Waals surface area (Å²) in [5.74, 6) is 3.74. The molecule has 0 heterocycles. The van der Waals surface area contributed by atoms with Gasteiger partial charge in [-0.05, 0) is 117 Å². The van der Waals surface area contributed by atoms with Crippen molar-refractivity contribution in [1.29, 1.82) is 0 Å². The minimum atomic E-state index is -0.205. The molecular formula is C26H43NO3. The second-order valence-corrected chi connectivity index (χ2v) is 12.3. The minimum absolute atomic E-state index is 0.164. The van der Waals surface area contributed by atoms with Crippen molar-refractivity contribution in [2.75, 3.05) is 6.54 Å². The van der Waals surface area contributed by atoms with E-state index in [1.165, 1.54) is 38.5 Å². The summed E-state index contributed by atoms with van der Waals surface area (Å²) in [5.41, 5.74) is 0.585. The van der Waals surface area contributed by atoms with Gasteiger partial charge in [0.05, 0.1) is 12.2 Å². The first-order chi connectivity index (χ1) is 14.3. The van der Waals surface area contributed by atoms with Crippen LogP contribution in [-0.2, 0) is 4.79 Å². The lowest BCUT2D eigenvalue weighted by Crippen LogP contribution is -2.58. The first-order valence-corrected chi connectivity index (χ1v) is 12.9. The highest BCUT2D eigenvalue weighted by Crippen LogP contribution is 2.67. The number of nitrogens with one attached hydrogen (secondary N) is 1. The van der Waals surface area contributed by atoms with Crippen molar-refractivity contribution in [3.63, 3.8) is 0 Å². The van der Waals surface area contributed by atoms with Gasteiger partial charge in [-0.2, -0.15) is 0 Å². The van der Waals surface area contributed by atoms with Crippen molar-refractivity contribution in [3.8, 4) is 0 Å².